The Hall–Kier alpha value is -2.94. The van der Waals surface area contributed by atoms with E-state index in [2.05, 4.69) is 35.7 Å². The topological polar surface area (TPSA) is 98.8 Å². The van der Waals surface area contributed by atoms with Gasteiger partial charge in [0.2, 0.25) is 5.91 Å². The number of amides is 1. The van der Waals surface area contributed by atoms with Gasteiger partial charge in [0.05, 0.1) is 11.6 Å². The van der Waals surface area contributed by atoms with Gasteiger partial charge < -0.3 is 15.5 Å². The number of hydrogen-bond donors (Lipinski definition) is 3. The van der Waals surface area contributed by atoms with Crippen molar-refractivity contribution in [1.82, 2.24) is 25.5 Å². The summed E-state index contributed by atoms with van der Waals surface area (Å²) < 4.78 is 13.7. The van der Waals surface area contributed by atoms with Crippen LogP contribution in [0.5, 0.6) is 0 Å². The van der Waals surface area contributed by atoms with Gasteiger partial charge in [-0.15, -0.1) is 0 Å². The van der Waals surface area contributed by atoms with Crippen molar-refractivity contribution in [2.45, 2.75) is 37.8 Å². The Bertz CT molecular complexity index is 1080. The molecule has 31 heavy (non-hydrogen) atoms. The van der Waals surface area contributed by atoms with E-state index in [0.717, 1.165) is 43.4 Å². The zero-order valence-corrected chi connectivity index (χ0v) is 17.6. The number of benzene rings is 1. The number of fused-ring (bicyclic) bond motifs is 1. The third-order valence-corrected chi connectivity index (χ3v) is 6.07. The molecule has 0 unspecified atom stereocenters. The van der Waals surface area contributed by atoms with Gasteiger partial charge in [-0.3, -0.25) is 9.89 Å². The van der Waals surface area contributed by atoms with Gasteiger partial charge in [0.15, 0.2) is 5.65 Å². The van der Waals surface area contributed by atoms with Crippen molar-refractivity contribution in [3.63, 3.8) is 0 Å². The van der Waals surface area contributed by atoms with Gasteiger partial charge in [-0.1, -0.05) is 11.6 Å². The highest BCUT2D eigenvalue weighted by Crippen LogP contribution is 2.35. The Morgan fingerprint density at radius 2 is 2.13 bits per heavy atom. The normalized spacial score (nSPS) is 19.9. The lowest BCUT2D eigenvalue weighted by atomic mass is 10.0. The molecule has 1 saturated heterocycles. The average molecular weight is 444 g/mol. The van der Waals surface area contributed by atoms with Crippen LogP contribution in [0.2, 0.25) is 5.02 Å². The molecule has 0 spiro atoms. The van der Waals surface area contributed by atoms with Crippen LogP contribution < -0.4 is 15.5 Å². The van der Waals surface area contributed by atoms with Gasteiger partial charge in [-0.2, -0.15) is 5.10 Å². The number of halogens is 2. The number of rotatable bonds is 6. The van der Waals surface area contributed by atoms with Gasteiger partial charge in [-0.25, -0.2) is 14.4 Å². The van der Waals surface area contributed by atoms with Crippen molar-refractivity contribution in [1.29, 1.82) is 0 Å². The summed E-state index contributed by atoms with van der Waals surface area (Å²) in [5.41, 5.74) is 1.22. The highest BCUT2D eigenvalue weighted by Gasteiger charge is 2.37. The smallest absolute Gasteiger partial charge is 0.243 e. The molecule has 2 fully saturated rings. The average Bonchev–Trinajstić information content (AvgIpc) is 3.46. The Kier molecular flexibility index (Phi) is 5.35. The zero-order chi connectivity index (χ0) is 21.4. The molecule has 3 heterocycles. The van der Waals surface area contributed by atoms with E-state index in [1.807, 2.05) is 0 Å². The molecule has 0 bridgehead atoms. The third-order valence-electron chi connectivity index (χ3n) is 5.85. The van der Waals surface area contributed by atoms with Crippen LogP contribution in [0.4, 0.5) is 15.9 Å². The van der Waals surface area contributed by atoms with E-state index in [1.54, 1.807) is 12.3 Å². The van der Waals surface area contributed by atoms with E-state index >= 15 is 0 Å². The first-order valence-corrected chi connectivity index (χ1v) is 10.9. The molecule has 8 nitrogen and oxygen atoms in total. The van der Waals surface area contributed by atoms with Crippen molar-refractivity contribution in [2.24, 2.45) is 5.92 Å². The first-order chi connectivity index (χ1) is 15.1. The Morgan fingerprint density at radius 1 is 1.26 bits per heavy atom. The summed E-state index contributed by atoms with van der Waals surface area (Å²) in [7, 11) is 0. The molecule has 3 N–H and O–H groups in total. The number of piperidine rings is 1. The number of aromatic amines is 1. The molecule has 1 aliphatic heterocycles. The second kappa shape index (κ2) is 8.30. The zero-order valence-electron chi connectivity index (χ0n) is 16.8. The quantitative estimate of drug-likeness (QED) is 0.541. The number of H-pyrrole nitrogens is 1. The first-order valence-electron chi connectivity index (χ1n) is 10.5. The predicted octanol–water partition coefficient (Wildman–Crippen LogP) is 3.12. The summed E-state index contributed by atoms with van der Waals surface area (Å²) >= 11 is 5.97. The molecule has 3 aromatic rings. The highest BCUT2D eigenvalue weighted by molar-refractivity contribution is 6.30. The number of nitrogens with zero attached hydrogens (tertiary/aromatic N) is 4. The largest absolute Gasteiger partial charge is 0.373 e. The van der Waals surface area contributed by atoms with Crippen LogP contribution >= 0.6 is 11.6 Å². The van der Waals surface area contributed by atoms with Gasteiger partial charge >= 0.3 is 0 Å². The van der Waals surface area contributed by atoms with Crippen LogP contribution in [0.3, 0.4) is 0 Å². The molecule has 5 rings (SSSR count). The van der Waals surface area contributed by atoms with E-state index in [-0.39, 0.29) is 17.9 Å². The monoisotopic (exact) mass is 443 g/mol. The molecule has 1 saturated carbocycles. The van der Waals surface area contributed by atoms with Crippen LogP contribution in [0.25, 0.3) is 11.0 Å². The van der Waals surface area contributed by atoms with Crippen LogP contribution in [0.1, 0.15) is 25.7 Å². The summed E-state index contributed by atoms with van der Waals surface area (Å²) in [4.78, 5) is 23.9. The Morgan fingerprint density at radius 3 is 2.94 bits per heavy atom. The maximum absolute atomic E-state index is 13.7. The second-order valence-electron chi connectivity index (χ2n) is 8.24. The fourth-order valence-corrected chi connectivity index (χ4v) is 4.45. The molecular weight excluding hydrogens is 421 g/mol. The van der Waals surface area contributed by atoms with Gasteiger partial charge in [0, 0.05) is 29.8 Å². The van der Waals surface area contributed by atoms with Crippen LogP contribution in [0, 0.1) is 11.7 Å². The molecule has 2 aromatic heterocycles. The standard InChI is InChI=1S/C21H23ClFN7O/c22-13-6-14(23)8-16(7-13)27-18(12-3-4-12)21(31)28-15-2-1-5-30(10-15)20-17-9-26-29-19(17)24-11-25-20/h6-9,11-12,15,18,27H,1-5,10H2,(H,28,31)(H,24,25,26,29)/t15-,18-/m1/s1. The molecular formula is C21H23ClFN7O. The lowest BCUT2D eigenvalue weighted by Gasteiger charge is -2.35. The lowest BCUT2D eigenvalue weighted by Crippen LogP contribution is -2.52. The van der Waals surface area contributed by atoms with E-state index in [4.69, 9.17) is 11.6 Å². The highest BCUT2D eigenvalue weighted by atomic mass is 35.5. The van der Waals surface area contributed by atoms with E-state index < -0.39 is 11.9 Å². The number of aromatic nitrogens is 4. The molecule has 1 amide bonds. The summed E-state index contributed by atoms with van der Waals surface area (Å²) in [5, 5.41) is 14.5. The SMILES string of the molecule is O=C(N[C@@H]1CCCN(c2ncnc3[nH]ncc23)C1)[C@H](Nc1cc(F)cc(Cl)c1)C1CC1. The van der Waals surface area contributed by atoms with Gasteiger partial charge in [-0.05, 0) is 49.8 Å². The number of nitrogens with one attached hydrogen (secondary N) is 3. The van der Waals surface area contributed by atoms with Crippen LogP contribution in [-0.2, 0) is 4.79 Å². The van der Waals surface area contributed by atoms with E-state index in [9.17, 15) is 9.18 Å². The number of anilines is 2. The summed E-state index contributed by atoms with van der Waals surface area (Å²) in [6.45, 7) is 1.52. The number of carbonyl (C=O) groups is 1. The van der Waals surface area contributed by atoms with E-state index in [0.29, 0.717) is 22.9 Å². The molecule has 2 atom stereocenters. The van der Waals surface area contributed by atoms with Gasteiger partial charge in [0.1, 0.15) is 24.0 Å². The minimum absolute atomic E-state index is 0.00249. The van der Waals surface area contributed by atoms with Crippen molar-refractivity contribution < 1.29 is 9.18 Å². The third kappa shape index (κ3) is 4.41. The van der Waals surface area contributed by atoms with Crippen LogP contribution in [0.15, 0.2) is 30.7 Å². The second-order valence-corrected chi connectivity index (χ2v) is 8.68. The Balaban J connectivity index is 1.28. The van der Waals surface area contributed by atoms with Crippen molar-refractivity contribution in [3.8, 4) is 0 Å². The fourth-order valence-electron chi connectivity index (χ4n) is 4.23. The van der Waals surface area contributed by atoms with Crippen molar-refractivity contribution in [2.75, 3.05) is 23.3 Å². The predicted molar refractivity (Wildman–Crippen MR) is 117 cm³/mol. The van der Waals surface area contributed by atoms with Crippen LogP contribution in [-0.4, -0.2) is 51.2 Å². The Labute approximate surface area is 183 Å². The summed E-state index contributed by atoms with van der Waals surface area (Å²) in [5.74, 6) is 0.576. The molecule has 10 heteroatoms. The first kappa shape index (κ1) is 20.0. The maximum Gasteiger partial charge on any atom is 0.243 e. The summed E-state index contributed by atoms with van der Waals surface area (Å²) in [6, 6.07) is 3.84. The molecule has 1 aliphatic carbocycles. The molecule has 2 aliphatic rings. The lowest BCUT2D eigenvalue weighted by molar-refractivity contribution is -0.123. The summed E-state index contributed by atoms with van der Waals surface area (Å²) in [6.07, 6.45) is 7.04. The van der Waals surface area contributed by atoms with Crippen molar-refractivity contribution >= 4 is 40.0 Å². The molecule has 162 valence electrons. The fraction of sp³-hybridized carbons (Fsp3) is 0.429. The molecule has 1 aromatic carbocycles. The minimum Gasteiger partial charge on any atom is -0.373 e. The minimum atomic E-state index is -0.428. The molecule has 0 radical (unpaired) electrons. The number of hydrogen-bond acceptors (Lipinski definition) is 6. The van der Waals surface area contributed by atoms with Crippen molar-refractivity contribution in [3.05, 3.63) is 41.6 Å². The van der Waals surface area contributed by atoms with E-state index in [1.165, 1.54) is 18.5 Å². The maximum atomic E-state index is 13.7. The number of carbonyl (C=O) groups excluding carboxylic acids is 1. The van der Waals surface area contributed by atoms with Gasteiger partial charge in [0.25, 0.3) is 0 Å².